The van der Waals surface area contributed by atoms with Crippen LogP contribution in [0.5, 0.6) is 0 Å². The Bertz CT molecular complexity index is 273. The molecule has 0 bridgehead atoms. The average Bonchev–Trinajstić information content (AvgIpc) is 2.83. The molecule has 0 aliphatic carbocycles. The second-order valence-electron chi connectivity index (χ2n) is 6.05. The molecule has 4 nitrogen and oxygen atoms in total. The third kappa shape index (κ3) is 4.46. The van der Waals surface area contributed by atoms with Crippen molar-refractivity contribution in [1.82, 2.24) is 15.1 Å². The van der Waals surface area contributed by atoms with Crippen LogP contribution in [-0.4, -0.2) is 62.5 Å². The van der Waals surface area contributed by atoms with Crippen LogP contribution < -0.4 is 5.32 Å². The van der Waals surface area contributed by atoms with E-state index in [1.54, 1.807) is 0 Å². The van der Waals surface area contributed by atoms with Crippen molar-refractivity contribution in [3.8, 4) is 0 Å². The zero-order valence-electron chi connectivity index (χ0n) is 13.2. The summed E-state index contributed by atoms with van der Waals surface area (Å²) in [6.07, 6.45) is 4.14. The normalized spacial score (nSPS) is 23.0. The molecule has 1 heterocycles. The van der Waals surface area contributed by atoms with Gasteiger partial charge in [0.05, 0.1) is 5.41 Å². The Labute approximate surface area is 118 Å². The van der Waals surface area contributed by atoms with Crippen molar-refractivity contribution in [1.29, 1.82) is 0 Å². The number of amides is 1. The number of carbonyl (C=O) groups is 1. The molecule has 0 aromatic heterocycles. The van der Waals surface area contributed by atoms with Gasteiger partial charge in [-0.15, -0.1) is 0 Å². The van der Waals surface area contributed by atoms with Crippen LogP contribution in [0.25, 0.3) is 0 Å². The fourth-order valence-corrected chi connectivity index (χ4v) is 2.97. The van der Waals surface area contributed by atoms with Gasteiger partial charge >= 0.3 is 0 Å². The molecule has 0 spiro atoms. The lowest BCUT2D eigenvalue weighted by Crippen LogP contribution is -2.47. The molecule has 0 saturated carbocycles. The second kappa shape index (κ2) is 7.85. The molecule has 1 amide bonds. The van der Waals surface area contributed by atoms with Crippen molar-refractivity contribution in [2.24, 2.45) is 5.41 Å². The maximum Gasteiger partial charge on any atom is 0.230 e. The fourth-order valence-electron chi connectivity index (χ4n) is 2.97. The van der Waals surface area contributed by atoms with Crippen LogP contribution in [0.15, 0.2) is 0 Å². The first-order chi connectivity index (χ1) is 9.05. The van der Waals surface area contributed by atoms with Gasteiger partial charge < -0.3 is 15.1 Å². The summed E-state index contributed by atoms with van der Waals surface area (Å²) in [5.74, 6) is 0.378. The van der Waals surface area contributed by atoms with E-state index in [2.05, 4.69) is 43.1 Å². The first-order valence-corrected chi connectivity index (χ1v) is 7.70. The SMILES string of the molecule is CCCN(CCN(C)C)C(=O)C1(CCC)CCNC1. The van der Waals surface area contributed by atoms with Gasteiger partial charge in [-0.2, -0.15) is 0 Å². The lowest BCUT2D eigenvalue weighted by Gasteiger charge is -2.34. The Hall–Kier alpha value is -0.610. The molecule has 4 heteroatoms. The van der Waals surface area contributed by atoms with Crippen molar-refractivity contribution < 1.29 is 4.79 Å². The molecule has 112 valence electrons. The molecule has 1 aliphatic rings. The third-order valence-electron chi connectivity index (χ3n) is 4.02. The molecule has 19 heavy (non-hydrogen) atoms. The summed E-state index contributed by atoms with van der Waals surface area (Å²) in [7, 11) is 4.13. The predicted octanol–water partition coefficient (Wildman–Crippen LogP) is 1.57. The van der Waals surface area contributed by atoms with Crippen molar-refractivity contribution >= 4 is 5.91 Å². The van der Waals surface area contributed by atoms with Gasteiger partial charge in [0, 0.05) is 26.2 Å². The van der Waals surface area contributed by atoms with Crippen LogP contribution in [0, 0.1) is 5.41 Å². The minimum Gasteiger partial charge on any atom is -0.341 e. The van der Waals surface area contributed by atoms with E-state index in [4.69, 9.17) is 0 Å². The quantitative estimate of drug-likeness (QED) is 0.726. The standard InChI is InChI=1S/C15H31N3O/c1-5-7-15(8-9-16-13-15)14(19)18(10-6-2)12-11-17(3)4/h16H,5-13H2,1-4H3. The molecule has 1 N–H and O–H groups in total. The van der Waals surface area contributed by atoms with E-state index < -0.39 is 0 Å². The molecule has 1 atom stereocenters. The zero-order valence-corrected chi connectivity index (χ0v) is 13.2. The van der Waals surface area contributed by atoms with Gasteiger partial charge in [-0.3, -0.25) is 4.79 Å². The molecule has 1 saturated heterocycles. The van der Waals surface area contributed by atoms with E-state index in [9.17, 15) is 4.79 Å². The second-order valence-corrected chi connectivity index (χ2v) is 6.05. The van der Waals surface area contributed by atoms with E-state index in [0.29, 0.717) is 5.91 Å². The van der Waals surface area contributed by atoms with Crippen LogP contribution in [0.1, 0.15) is 39.5 Å². The lowest BCUT2D eigenvalue weighted by molar-refractivity contribution is -0.141. The van der Waals surface area contributed by atoms with E-state index in [0.717, 1.165) is 58.4 Å². The fraction of sp³-hybridized carbons (Fsp3) is 0.933. The van der Waals surface area contributed by atoms with E-state index in [1.165, 1.54) is 0 Å². The lowest BCUT2D eigenvalue weighted by atomic mass is 9.81. The third-order valence-corrected chi connectivity index (χ3v) is 4.02. The Morgan fingerprint density at radius 3 is 2.37 bits per heavy atom. The highest BCUT2D eigenvalue weighted by Crippen LogP contribution is 2.33. The Morgan fingerprint density at radius 2 is 1.89 bits per heavy atom. The van der Waals surface area contributed by atoms with E-state index in [1.807, 2.05) is 0 Å². The summed E-state index contributed by atoms with van der Waals surface area (Å²) in [5.41, 5.74) is -0.129. The van der Waals surface area contributed by atoms with Gasteiger partial charge in [-0.25, -0.2) is 0 Å². The highest BCUT2D eigenvalue weighted by molar-refractivity contribution is 5.83. The number of carbonyl (C=O) groups excluding carboxylic acids is 1. The summed E-state index contributed by atoms with van der Waals surface area (Å²) < 4.78 is 0. The largest absolute Gasteiger partial charge is 0.341 e. The smallest absolute Gasteiger partial charge is 0.230 e. The number of nitrogens with zero attached hydrogens (tertiary/aromatic N) is 2. The van der Waals surface area contributed by atoms with Gasteiger partial charge in [0.2, 0.25) is 5.91 Å². The molecular weight excluding hydrogens is 238 g/mol. The van der Waals surface area contributed by atoms with E-state index >= 15 is 0 Å². The van der Waals surface area contributed by atoms with Gasteiger partial charge in [0.15, 0.2) is 0 Å². The summed E-state index contributed by atoms with van der Waals surface area (Å²) in [4.78, 5) is 17.2. The topological polar surface area (TPSA) is 35.6 Å². The number of nitrogens with one attached hydrogen (secondary N) is 1. The maximum absolute atomic E-state index is 12.9. The molecule has 1 rings (SSSR count). The highest BCUT2D eigenvalue weighted by atomic mass is 16.2. The first-order valence-electron chi connectivity index (χ1n) is 7.70. The Morgan fingerprint density at radius 1 is 1.16 bits per heavy atom. The zero-order chi connectivity index (χ0) is 14.3. The molecule has 1 aliphatic heterocycles. The van der Waals surface area contributed by atoms with Crippen molar-refractivity contribution in [3.63, 3.8) is 0 Å². The number of rotatable bonds is 8. The molecule has 0 radical (unpaired) electrons. The molecule has 0 aromatic carbocycles. The summed E-state index contributed by atoms with van der Waals surface area (Å²) >= 11 is 0. The minimum absolute atomic E-state index is 0.129. The van der Waals surface area contributed by atoms with Crippen molar-refractivity contribution in [2.45, 2.75) is 39.5 Å². The van der Waals surface area contributed by atoms with Crippen LogP contribution in [0.3, 0.4) is 0 Å². The van der Waals surface area contributed by atoms with Gasteiger partial charge in [0.1, 0.15) is 0 Å². The molecular formula is C15H31N3O. The molecule has 1 fully saturated rings. The first kappa shape index (κ1) is 16.4. The maximum atomic E-state index is 12.9. The van der Waals surface area contributed by atoms with Crippen molar-refractivity contribution in [3.05, 3.63) is 0 Å². The van der Waals surface area contributed by atoms with Gasteiger partial charge in [-0.1, -0.05) is 20.3 Å². The van der Waals surface area contributed by atoms with E-state index in [-0.39, 0.29) is 5.41 Å². The van der Waals surface area contributed by atoms with Crippen molar-refractivity contribution in [2.75, 3.05) is 46.8 Å². The molecule has 1 unspecified atom stereocenters. The van der Waals surface area contributed by atoms with Crippen LogP contribution >= 0.6 is 0 Å². The van der Waals surface area contributed by atoms with Gasteiger partial charge in [-0.05, 0) is 39.9 Å². The number of hydrogen-bond acceptors (Lipinski definition) is 3. The van der Waals surface area contributed by atoms with Gasteiger partial charge in [0.25, 0.3) is 0 Å². The number of likely N-dealkylation sites (N-methyl/N-ethyl adjacent to an activating group) is 1. The monoisotopic (exact) mass is 269 g/mol. The minimum atomic E-state index is -0.129. The van der Waals surface area contributed by atoms with Crippen LogP contribution in [0.2, 0.25) is 0 Å². The summed E-state index contributed by atoms with van der Waals surface area (Å²) in [5, 5.41) is 3.38. The average molecular weight is 269 g/mol. The summed E-state index contributed by atoms with van der Waals surface area (Å²) in [6.45, 7) is 8.86. The molecule has 0 aromatic rings. The predicted molar refractivity (Wildman–Crippen MR) is 80.3 cm³/mol. The van der Waals surface area contributed by atoms with Crippen LogP contribution in [-0.2, 0) is 4.79 Å². The van der Waals surface area contributed by atoms with Crippen LogP contribution in [0.4, 0.5) is 0 Å². The summed E-state index contributed by atoms with van der Waals surface area (Å²) in [6, 6.07) is 0. The highest BCUT2D eigenvalue weighted by Gasteiger charge is 2.42. The Balaban J connectivity index is 2.72. The Kier molecular flexibility index (Phi) is 6.80. The number of hydrogen-bond donors (Lipinski definition) is 1.